The molecule has 0 N–H and O–H groups in total. The average molecular weight is 310 g/mol. The molecule has 0 bridgehead atoms. The van der Waals surface area contributed by atoms with Crippen LogP contribution in [0.5, 0.6) is 5.75 Å². The van der Waals surface area contributed by atoms with E-state index in [-0.39, 0.29) is 11.5 Å². The van der Waals surface area contributed by atoms with Crippen molar-refractivity contribution in [2.75, 3.05) is 0 Å². The van der Waals surface area contributed by atoms with Crippen LogP contribution in [0.15, 0.2) is 29.6 Å². The number of ether oxygens (including phenoxy) is 1. The van der Waals surface area contributed by atoms with E-state index < -0.39 is 0 Å². The Balaban J connectivity index is 2.13. The second-order valence-electron chi connectivity index (χ2n) is 5.85. The summed E-state index contributed by atoms with van der Waals surface area (Å²) in [6.07, 6.45) is -0.0628. The van der Waals surface area contributed by atoms with Gasteiger partial charge in [0.05, 0.1) is 11.6 Å². The Kier molecular flexibility index (Phi) is 4.71. The molecule has 1 atom stereocenters. The monoisotopic (exact) mass is 309 g/mol. The van der Waals surface area contributed by atoms with Crippen molar-refractivity contribution < 1.29 is 4.74 Å². The van der Waals surface area contributed by atoms with E-state index >= 15 is 0 Å². The summed E-state index contributed by atoms with van der Waals surface area (Å²) in [5.41, 5.74) is 2.30. The van der Waals surface area contributed by atoms with Crippen molar-refractivity contribution in [2.24, 2.45) is 0 Å². The number of aromatic nitrogens is 1. The van der Waals surface area contributed by atoms with Crippen LogP contribution in [0.25, 0.3) is 0 Å². The van der Waals surface area contributed by atoms with Gasteiger partial charge in [-0.3, -0.25) is 0 Å². The number of benzene rings is 1. The van der Waals surface area contributed by atoms with E-state index in [2.05, 4.69) is 37.9 Å². The fourth-order valence-electron chi connectivity index (χ4n) is 1.86. The van der Waals surface area contributed by atoms with Crippen LogP contribution in [0, 0.1) is 0 Å². The van der Waals surface area contributed by atoms with Gasteiger partial charge in [-0.05, 0) is 30.0 Å². The van der Waals surface area contributed by atoms with Gasteiger partial charge in [-0.2, -0.15) is 0 Å². The smallest absolute Gasteiger partial charge is 0.147 e. The molecule has 0 fully saturated rings. The summed E-state index contributed by atoms with van der Waals surface area (Å²) in [5.74, 6) is 1.33. The normalized spacial score (nSPS) is 13.2. The molecule has 1 aromatic carbocycles. The Morgan fingerprint density at radius 1 is 1.35 bits per heavy atom. The van der Waals surface area contributed by atoms with Crippen molar-refractivity contribution in [3.05, 3.63) is 45.9 Å². The molecular formula is C16H20ClNOS. The Labute approximate surface area is 129 Å². The van der Waals surface area contributed by atoms with Crippen molar-refractivity contribution in [1.82, 2.24) is 4.98 Å². The minimum Gasteiger partial charge on any atom is -0.484 e. The summed E-state index contributed by atoms with van der Waals surface area (Å²) in [4.78, 5) is 4.46. The van der Waals surface area contributed by atoms with Crippen molar-refractivity contribution >= 4 is 22.9 Å². The van der Waals surface area contributed by atoms with Gasteiger partial charge in [0.2, 0.25) is 0 Å². The largest absolute Gasteiger partial charge is 0.484 e. The first-order valence-electron chi connectivity index (χ1n) is 6.67. The molecule has 0 aliphatic carbocycles. The molecule has 0 aliphatic heterocycles. The molecule has 1 aromatic heterocycles. The van der Waals surface area contributed by atoms with Gasteiger partial charge in [-0.15, -0.1) is 22.9 Å². The number of hydrogen-bond acceptors (Lipinski definition) is 3. The number of nitrogens with zero attached hydrogens (tertiary/aromatic N) is 1. The van der Waals surface area contributed by atoms with Gasteiger partial charge in [-0.1, -0.05) is 32.9 Å². The van der Waals surface area contributed by atoms with Crippen molar-refractivity contribution in [3.63, 3.8) is 0 Å². The lowest BCUT2D eigenvalue weighted by Gasteiger charge is -2.20. The van der Waals surface area contributed by atoms with Crippen LogP contribution in [0.1, 0.15) is 50.1 Å². The van der Waals surface area contributed by atoms with Gasteiger partial charge in [0.25, 0.3) is 0 Å². The highest BCUT2D eigenvalue weighted by atomic mass is 35.5. The lowest BCUT2D eigenvalue weighted by Crippen LogP contribution is -2.11. The molecule has 0 spiro atoms. The molecule has 0 aliphatic rings. The van der Waals surface area contributed by atoms with Crippen LogP contribution in [-0.2, 0) is 11.3 Å². The van der Waals surface area contributed by atoms with E-state index in [1.165, 1.54) is 5.56 Å². The third kappa shape index (κ3) is 3.74. The first-order valence-corrected chi connectivity index (χ1v) is 8.09. The quantitative estimate of drug-likeness (QED) is 0.713. The van der Waals surface area contributed by atoms with E-state index in [0.29, 0.717) is 5.88 Å². The van der Waals surface area contributed by atoms with Crippen LogP contribution in [0.3, 0.4) is 0 Å². The molecule has 1 heterocycles. The lowest BCUT2D eigenvalue weighted by atomic mass is 9.87. The number of alkyl halides is 1. The van der Waals surface area contributed by atoms with Crippen LogP contribution >= 0.6 is 22.9 Å². The van der Waals surface area contributed by atoms with Crippen LogP contribution < -0.4 is 4.74 Å². The standard InChI is InChI=1S/C16H20ClNOS/c1-11(15-18-13(9-17)10-20-15)19-14-7-5-6-12(8-14)16(2,3)4/h5-8,10-11H,9H2,1-4H3. The zero-order chi connectivity index (χ0) is 14.8. The predicted molar refractivity (Wildman–Crippen MR) is 85.9 cm³/mol. The maximum atomic E-state index is 6.00. The van der Waals surface area contributed by atoms with E-state index in [1.807, 2.05) is 24.4 Å². The number of hydrogen-bond donors (Lipinski definition) is 0. The third-order valence-corrected chi connectivity index (χ3v) is 4.40. The maximum Gasteiger partial charge on any atom is 0.147 e. The van der Waals surface area contributed by atoms with Crippen LogP contribution in [0.4, 0.5) is 0 Å². The van der Waals surface area contributed by atoms with E-state index in [0.717, 1.165) is 16.5 Å². The Bertz CT molecular complexity index is 574. The summed E-state index contributed by atoms with van der Waals surface area (Å²) < 4.78 is 6.00. The summed E-state index contributed by atoms with van der Waals surface area (Å²) >= 11 is 7.37. The van der Waals surface area contributed by atoms with Gasteiger partial charge in [0, 0.05) is 5.38 Å². The predicted octanol–water partition coefficient (Wildman–Crippen LogP) is 5.32. The summed E-state index contributed by atoms with van der Waals surface area (Å²) in [6.45, 7) is 8.61. The third-order valence-electron chi connectivity index (χ3n) is 3.07. The first kappa shape index (κ1) is 15.3. The Hall–Kier alpha value is -1.06. The van der Waals surface area contributed by atoms with E-state index in [9.17, 15) is 0 Å². The highest BCUT2D eigenvalue weighted by Crippen LogP contribution is 2.29. The van der Waals surface area contributed by atoms with Gasteiger partial charge >= 0.3 is 0 Å². The van der Waals surface area contributed by atoms with Crippen LogP contribution in [0.2, 0.25) is 0 Å². The zero-order valence-corrected chi connectivity index (χ0v) is 13.9. The molecule has 2 rings (SSSR count). The van der Waals surface area contributed by atoms with Gasteiger partial charge in [-0.25, -0.2) is 4.98 Å². The average Bonchev–Trinajstić information content (AvgIpc) is 2.87. The van der Waals surface area contributed by atoms with Crippen molar-refractivity contribution in [1.29, 1.82) is 0 Å². The van der Waals surface area contributed by atoms with Crippen molar-refractivity contribution in [3.8, 4) is 5.75 Å². The van der Waals surface area contributed by atoms with Gasteiger partial charge in [0.1, 0.15) is 16.9 Å². The van der Waals surface area contributed by atoms with E-state index in [1.54, 1.807) is 11.3 Å². The van der Waals surface area contributed by atoms with Crippen molar-refractivity contribution in [2.45, 2.75) is 45.1 Å². The second-order valence-corrected chi connectivity index (χ2v) is 7.01. The summed E-state index contributed by atoms with van der Waals surface area (Å²) in [7, 11) is 0. The maximum absolute atomic E-state index is 6.00. The fourth-order valence-corrected chi connectivity index (χ4v) is 2.89. The minimum absolute atomic E-state index is 0.0628. The molecule has 0 amide bonds. The van der Waals surface area contributed by atoms with E-state index in [4.69, 9.17) is 16.3 Å². The second kappa shape index (κ2) is 6.15. The lowest BCUT2D eigenvalue weighted by molar-refractivity contribution is 0.225. The molecule has 0 saturated heterocycles. The summed E-state index contributed by atoms with van der Waals surface area (Å²) in [5, 5.41) is 2.94. The fraction of sp³-hybridized carbons (Fsp3) is 0.438. The number of rotatable bonds is 4. The topological polar surface area (TPSA) is 22.1 Å². The molecule has 0 saturated carbocycles. The molecule has 2 aromatic rings. The number of thiazole rings is 1. The molecule has 1 unspecified atom stereocenters. The molecular weight excluding hydrogens is 290 g/mol. The Morgan fingerprint density at radius 2 is 2.10 bits per heavy atom. The van der Waals surface area contributed by atoms with Crippen LogP contribution in [-0.4, -0.2) is 4.98 Å². The molecule has 108 valence electrons. The van der Waals surface area contributed by atoms with Gasteiger partial charge in [0.15, 0.2) is 0 Å². The number of halogens is 1. The summed E-state index contributed by atoms with van der Waals surface area (Å²) in [6, 6.07) is 8.26. The minimum atomic E-state index is -0.0628. The highest BCUT2D eigenvalue weighted by Gasteiger charge is 2.16. The molecule has 2 nitrogen and oxygen atoms in total. The Morgan fingerprint density at radius 3 is 2.70 bits per heavy atom. The highest BCUT2D eigenvalue weighted by molar-refractivity contribution is 7.09. The molecule has 0 radical (unpaired) electrons. The van der Waals surface area contributed by atoms with Gasteiger partial charge < -0.3 is 4.74 Å². The molecule has 4 heteroatoms. The molecule has 20 heavy (non-hydrogen) atoms. The SMILES string of the molecule is CC(Oc1cccc(C(C)(C)C)c1)c1nc(CCl)cs1. The zero-order valence-electron chi connectivity index (χ0n) is 12.3. The first-order chi connectivity index (χ1) is 9.40.